The summed E-state index contributed by atoms with van der Waals surface area (Å²) in [6.07, 6.45) is 1.80. The van der Waals surface area contributed by atoms with Gasteiger partial charge >= 0.3 is 0 Å². The predicted molar refractivity (Wildman–Crippen MR) is 138 cm³/mol. The number of hydrogen-bond acceptors (Lipinski definition) is 4. The zero-order valence-electron chi connectivity index (χ0n) is 19.3. The Hall–Kier alpha value is -3.84. The third-order valence-corrected chi connectivity index (χ3v) is 6.67. The Balaban J connectivity index is 1.72. The van der Waals surface area contributed by atoms with Crippen molar-refractivity contribution < 1.29 is 9.84 Å². The van der Waals surface area contributed by atoms with Crippen LogP contribution in [-0.4, -0.2) is 26.9 Å². The van der Waals surface area contributed by atoms with Crippen molar-refractivity contribution in [2.24, 2.45) is 0 Å². The maximum atomic E-state index is 10.6. The van der Waals surface area contributed by atoms with Crippen LogP contribution in [0.4, 0.5) is 5.69 Å². The van der Waals surface area contributed by atoms with Crippen LogP contribution in [0, 0.1) is 13.8 Å². The van der Waals surface area contributed by atoms with Crippen molar-refractivity contribution >= 4 is 23.0 Å². The molecule has 0 saturated carbocycles. The van der Waals surface area contributed by atoms with E-state index in [2.05, 4.69) is 32.8 Å². The molecule has 0 spiro atoms. The van der Waals surface area contributed by atoms with E-state index in [-0.39, 0.29) is 17.8 Å². The molecule has 2 N–H and O–H groups in total. The molecule has 0 radical (unpaired) electrons. The summed E-state index contributed by atoms with van der Waals surface area (Å²) in [6.45, 7) is 4.12. The van der Waals surface area contributed by atoms with Crippen LogP contribution in [0.25, 0.3) is 5.69 Å². The van der Waals surface area contributed by atoms with Crippen molar-refractivity contribution in [3.8, 4) is 17.2 Å². The minimum absolute atomic E-state index is 0.170. The Morgan fingerprint density at radius 1 is 0.971 bits per heavy atom. The molecule has 1 fully saturated rings. The number of aromatic nitrogens is 2. The number of aryl methyl sites for hydroxylation is 1. The van der Waals surface area contributed by atoms with Crippen molar-refractivity contribution in [2.75, 3.05) is 12.0 Å². The molecule has 1 aliphatic heterocycles. The molecule has 0 bridgehead atoms. The average molecular weight is 471 g/mol. The molecule has 34 heavy (non-hydrogen) atoms. The first-order valence-corrected chi connectivity index (χ1v) is 11.5. The van der Waals surface area contributed by atoms with Crippen LogP contribution in [-0.2, 0) is 0 Å². The number of phenols is 1. The summed E-state index contributed by atoms with van der Waals surface area (Å²) in [7, 11) is 1.67. The first kappa shape index (κ1) is 22.0. The number of nitrogens with one attached hydrogen (secondary N) is 1. The molecule has 4 aromatic rings. The second-order valence-corrected chi connectivity index (χ2v) is 8.71. The second-order valence-electron chi connectivity index (χ2n) is 8.32. The highest BCUT2D eigenvalue weighted by Crippen LogP contribution is 2.46. The summed E-state index contributed by atoms with van der Waals surface area (Å²) in [5.41, 5.74) is 5.67. The van der Waals surface area contributed by atoms with E-state index in [1.54, 1.807) is 19.4 Å². The van der Waals surface area contributed by atoms with E-state index in [1.165, 1.54) is 0 Å². The van der Waals surface area contributed by atoms with Gasteiger partial charge in [-0.2, -0.15) is 0 Å². The number of phenolic OH excluding ortho intramolecular Hbond substituents is 1. The third kappa shape index (κ3) is 3.58. The number of pyridine rings is 1. The van der Waals surface area contributed by atoms with Crippen LogP contribution in [0.15, 0.2) is 79.0 Å². The van der Waals surface area contributed by atoms with Crippen LogP contribution < -0.4 is 15.0 Å². The molecule has 6 nitrogen and oxygen atoms in total. The topological polar surface area (TPSA) is 62.5 Å². The third-order valence-electron chi connectivity index (χ3n) is 6.35. The van der Waals surface area contributed by atoms with E-state index in [0.717, 1.165) is 39.8 Å². The van der Waals surface area contributed by atoms with Gasteiger partial charge in [-0.15, -0.1) is 0 Å². The summed E-state index contributed by atoms with van der Waals surface area (Å²) in [4.78, 5) is 6.76. The van der Waals surface area contributed by atoms with Crippen LogP contribution in [0.2, 0.25) is 0 Å². The predicted octanol–water partition coefficient (Wildman–Crippen LogP) is 5.38. The zero-order valence-corrected chi connectivity index (χ0v) is 20.1. The molecule has 1 aliphatic rings. The normalized spacial score (nSPS) is 17.6. The highest BCUT2D eigenvalue weighted by molar-refractivity contribution is 7.80. The molecule has 172 valence electrons. The minimum atomic E-state index is -0.176. The van der Waals surface area contributed by atoms with Gasteiger partial charge in [-0.25, -0.2) is 0 Å². The van der Waals surface area contributed by atoms with Gasteiger partial charge in [-0.1, -0.05) is 30.3 Å². The molecule has 2 aromatic carbocycles. The monoisotopic (exact) mass is 470 g/mol. The van der Waals surface area contributed by atoms with Crippen molar-refractivity contribution in [1.29, 1.82) is 0 Å². The van der Waals surface area contributed by atoms with Gasteiger partial charge < -0.3 is 24.6 Å². The van der Waals surface area contributed by atoms with Gasteiger partial charge in [0.15, 0.2) is 5.11 Å². The SMILES string of the molecule is COc1ccccc1N1C(=S)N[C@H](c2ccccn2)[C@H]1c1cc(C)n(-c2ccccc2O)c1C. The molecule has 5 rings (SSSR count). The van der Waals surface area contributed by atoms with Gasteiger partial charge in [-0.3, -0.25) is 4.98 Å². The second kappa shape index (κ2) is 8.83. The number of hydrogen-bond donors (Lipinski definition) is 2. The average Bonchev–Trinajstić information content (AvgIpc) is 3.35. The number of anilines is 1. The van der Waals surface area contributed by atoms with Gasteiger partial charge in [0, 0.05) is 17.6 Å². The Kier molecular flexibility index (Phi) is 5.71. The summed E-state index contributed by atoms with van der Waals surface area (Å²) in [5.74, 6) is 0.978. The molecule has 2 aromatic heterocycles. The summed E-state index contributed by atoms with van der Waals surface area (Å²) >= 11 is 5.87. The number of thiocarbonyl (C=S) groups is 1. The molecular weight excluding hydrogens is 444 g/mol. The zero-order chi connectivity index (χ0) is 23.8. The van der Waals surface area contributed by atoms with E-state index < -0.39 is 0 Å². The lowest BCUT2D eigenvalue weighted by Crippen LogP contribution is -2.30. The number of para-hydroxylation sites is 4. The maximum absolute atomic E-state index is 10.6. The van der Waals surface area contributed by atoms with Crippen LogP contribution in [0.1, 0.15) is 34.7 Å². The van der Waals surface area contributed by atoms with E-state index in [0.29, 0.717) is 5.11 Å². The van der Waals surface area contributed by atoms with Crippen LogP contribution >= 0.6 is 12.2 Å². The van der Waals surface area contributed by atoms with Gasteiger partial charge in [-0.05, 0) is 74.1 Å². The number of rotatable bonds is 5. The van der Waals surface area contributed by atoms with Gasteiger partial charge in [0.2, 0.25) is 0 Å². The first-order valence-electron chi connectivity index (χ1n) is 11.1. The highest BCUT2D eigenvalue weighted by Gasteiger charge is 2.43. The van der Waals surface area contributed by atoms with Gasteiger partial charge in [0.25, 0.3) is 0 Å². The van der Waals surface area contributed by atoms with Gasteiger partial charge in [0.05, 0.1) is 36.3 Å². The summed E-state index contributed by atoms with van der Waals surface area (Å²) in [5, 5.41) is 14.7. The molecule has 3 heterocycles. The standard InChI is InChI=1S/C27H26N4O2S/c1-17-16-19(18(2)30(17)21-11-4-6-13-23(21)32)26-25(20-10-8-9-15-28-20)29-27(34)31(26)22-12-5-7-14-24(22)33-3/h4-16,25-26,32H,1-3H3,(H,29,34)/t25-,26-/m1/s1. The number of aromatic hydroxyl groups is 1. The summed E-state index contributed by atoms with van der Waals surface area (Å²) < 4.78 is 7.78. The molecule has 0 aliphatic carbocycles. The smallest absolute Gasteiger partial charge is 0.174 e. The van der Waals surface area contributed by atoms with Crippen molar-refractivity contribution in [3.05, 3.63) is 102 Å². The molecule has 2 atom stereocenters. The number of ether oxygens (including phenoxy) is 1. The molecule has 7 heteroatoms. The lowest BCUT2D eigenvalue weighted by molar-refractivity contribution is 0.414. The quantitative estimate of drug-likeness (QED) is 0.382. The maximum Gasteiger partial charge on any atom is 0.174 e. The fourth-order valence-corrected chi connectivity index (χ4v) is 5.21. The number of benzene rings is 2. The largest absolute Gasteiger partial charge is 0.506 e. The Morgan fingerprint density at radius 2 is 1.68 bits per heavy atom. The molecule has 1 saturated heterocycles. The lowest BCUT2D eigenvalue weighted by atomic mass is 9.96. The lowest BCUT2D eigenvalue weighted by Gasteiger charge is -2.29. The van der Waals surface area contributed by atoms with Crippen LogP contribution in [0.5, 0.6) is 11.5 Å². The Labute approximate surface area is 204 Å². The number of methoxy groups -OCH3 is 1. The summed E-state index contributed by atoms with van der Waals surface area (Å²) in [6, 6.07) is 23.0. The molecular formula is C27H26N4O2S. The van der Waals surface area contributed by atoms with Gasteiger partial charge in [0.1, 0.15) is 11.5 Å². The van der Waals surface area contributed by atoms with E-state index in [4.69, 9.17) is 17.0 Å². The van der Waals surface area contributed by atoms with Crippen molar-refractivity contribution in [2.45, 2.75) is 25.9 Å². The Morgan fingerprint density at radius 3 is 2.38 bits per heavy atom. The molecule has 0 unspecified atom stereocenters. The number of nitrogens with zero attached hydrogens (tertiary/aromatic N) is 3. The fraction of sp³-hybridized carbons (Fsp3) is 0.185. The van der Waals surface area contributed by atoms with E-state index in [9.17, 15) is 5.11 Å². The van der Waals surface area contributed by atoms with Crippen molar-refractivity contribution in [3.63, 3.8) is 0 Å². The minimum Gasteiger partial charge on any atom is -0.506 e. The molecule has 0 amide bonds. The first-order chi connectivity index (χ1) is 16.5. The fourth-order valence-electron chi connectivity index (χ4n) is 4.87. The van der Waals surface area contributed by atoms with E-state index >= 15 is 0 Å². The van der Waals surface area contributed by atoms with Crippen LogP contribution in [0.3, 0.4) is 0 Å². The van der Waals surface area contributed by atoms with E-state index in [1.807, 2.05) is 67.6 Å². The van der Waals surface area contributed by atoms with Crippen molar-refractivity contribution in [1.82, 2.24) is 14.9 Å². The highest BCUT2D eigenvalue weighted by atomic mass is 32.1. The Bertz CT molecular complexity index is 1350.